The molecule has 7 nitrogen and oxygen atoms in total. The van der Waals surface area contributed by atoms with Crippen molar-refractivity contribution in [3.63, 3.8) is 0 Å². The van der Waals surface area contributed by atoms with Crippen molar-refractivity contribution in [3.05, 3.63) is 60.4 Å². The lowest BCUT2D eigenvalue weighted by Crippen LogP contribution is -2.38. The number of amides is 1. The van der Waals surface area contributed by atoms with Gasteiger partial charge in [0.2, 0.25) is 5.91 Å². The highest BCUT2D eigenvalue weighted by Gasteiger charge is 2.29. The average Bonchev–Trinajstić information content (AvgIpc) is 3.20. The van der Waals surface area contributed by atoms with Crippen molar-refractivity contribution < 1.29 is 17.9 Å². The number of sulfone groups is 1. The first-order valence-electron chi connectivity index (χ1n) is 9.12. The summed E-state index contributed by atoms with van der Waals surface area (Å²) in [6.45, 7) is 0.286. The van der Waals surface area contributed by atoms with Crippen LogP contribution in [0.2, 0.25) is 0 Å². The smallest absolute Gasteiger partial charge is 0.240 e. The number of carbonyl (C=O) groups excluding carboxylic acids is 1. The summed E-state index contributed by atoms with van der Waals surface area (Å²) in [6.07, 6.45) is 0.461. The molecule has 1 fully saturated rings. The van der Waals surface area contributed by atoms with Gasteiger partial charge in [0.25, 0.3) is 0 Å². The van der Waals surface area contributed by atoms with Crippen LogP contribution < -0.4 is 10.1 Å². The summed E-state index contributed by atoms with van der Waals surface area (Å²) >= 11 is 0. The molecular formula is C20H21N3O4S. The minimum absolute atomic E-state index is 0.00733. The maximum atomic E-state index is 12.6. The van der Waals surface area contributed by atoms with Crippen LogP contribution in [0.5, 0.6) is 5.75 Å². The Morgan fingerprint density at radius 2 is 1.89 bits per heavy atom. The lowest BCUT2D eigenvalue weighted by Gasteiger charge is -2.13. The summed E-state index contributed by atoms with van der Waals surface area (Å²) in [5, 5.41) is 2.83. The summed E-state index contributed by atoms with van der Waals surface area (Å²) in [6, 6.07) is 16.7. The highest BCUT2D eigenvalue weighted by molar-refractivity contribution is 7.91. The lowest BCUT2D eigenvalue weighted by atomic mass is 10.2. The van der Waals surface area contributed by atoms with Crippen LogP contribution in [0.15, 0.2) is 54.6 Å². The van der Waals surface area contributed by atoms with Gasteiger partial charge in [-0.1, -0.05) is 30.3 Å². The fraction of sp³-hybridized carbons (Fsp3) is 0.300. The molecule has 2 aromatic carbocycles. The number of rotatable bonds is 6. The number of fused-ring (bicyclic) bond motifs is 1. The van der Waals surface area contributed by atoms with Crippen molar-refractivity contribution >= 4 is 26.8 Å². The van der Waals surface area contributed by atoms with Gasteiger partial charge in [0, 0.05) is 6.04 Å². The molecular weight excluding hydrogens is 378 g/mol. The van der Waals surface area contributed by atoms with Gasteiger partial charge in [-0.05, 0) is 30.7 Å². The molecule has 146 valence electrons. The zero-order valence-corrected chi connectivity index (χ0v) is 16.1. The molecule has 1 saturated heterocycles. The number of carbonyl (C=O) groups is 1. The van der Waals surface area contributed by atoms with Crippen LogP contribution in [0.25, 0.3) is 11.0 Å². The van der Waals surface area contributed by atoms with Crippen LogP contribution in [0.4, 0.5) is 0 Å². The highest BCUT2D eigenvalue weighted by atomic mass is 32.2. The minimum atomic E-state index is -3.04. The number of hydrogen-bond acceptors (Lipinski definition) is 5. The van der Waals surface area contributed by atoms with Crippen LogP contribution in [-0.2, 0) is 27.8 Å². The van der Waals surface area contributed by atoms with E-state index in [1.54, 1.807) is 0 Å². The van der Waals surface area contributed by atoms with Crippen LogP contribution in [-0.4, -0.2) is 41.4 Å². The van der Waals surface area contributed by atoms with E-state index in [2.05, 4.69) is 10.3 Å². The second-order valence-electron chi connectivity index (χ2n) is 6.87. The number of nitrogens with zero attached hydrogens (tertiary/aromatic N) is 2. The fourth-order valence-corrected chi connectivity index (χ4v) is 5.08. The van der Waals surface area contributed by atoms with E-state index in [0.717, 1.165) is 16.8 Å². The van der Waals surface area contributed by atoms with Crippen molar-refractivity contribution in [3.8, 4) is 5.75 Å². The maximum absolute atomic E-state index is 12.6. The molecule has 28 heavy (non-hydrogen) atoms. The minimum Gasteiger partial charge on any atom is -0.486 e. The van der Waals surface area contributed by atoms with Crippen molar-refractivity contribution in [2.75, 3.05) is 11.5 Å². The normalized spacial score (nSPS) is 18.2. The molecule has 0 saturated carbocycles. The zero-order chi connectivity index (χ0) is 19.6. The molecule has 0 spiro atoms. The van der Waals surface area contributed by atoms with E-state index in [9.17, 15) is 13.2 Å². The lowest BCUT2D eigenvalue weighted by molar-refractivity contribution is -0.122. The second-order valence-corrected chi connectivity index (χ2v) is 9.10. The van der Waals surface area contributed by atoms with Gasteiger partial charge in [-0.15, -0.1) is 0 Å². The summed E-state index contributed by atoms with van der Waals surface area (Å²) < 4.78 is 30.8. The predicted octanol–water partition coefficient (Wildman–Crippen LogP) is 1.92. The van der Waals surface area contributed by atoms with Crippen LogP contribution in [0.3, 0.4) is 0 Å². The molecule has 1 aromatic heterocycles. The van der Waals surface area contributed by atoms with E-state index in [1.165, 1.54) is 0 Å². The number of imidazole rings is 1. The first-order chi connectivity index (χ1) is 13.5. The van der Waals surface area contributed by atoms with Gasteiger partial charge in [0.15, 0.2) is 9.84 Å². The summed E-state index contributed by atoms with van der Waals surface area (Å²) in [4.78, 5) is 17.1. The molecule has 1 N–H and O–H groups in total. The van der Waals surface area contributed by atoms with Gasteiger partial charge < -0.3 is 14.6 Å². The van der Waals surface area contributed by atoms with Crippen LogP contribution in [0.1, 0.15) is 12.2 Å². The molecule has 8 heteroatoms. The van der Waals surface area contributed by atoms with Crippen LogP contribution in [0, 0.1) is 0 Å². The number of aromatic nitrogens is 2. The molecule has 1 atom stereocenters. The largest absolute Gasteiger partial charge is 0.486 e. The molecule has 0 aliphatic carbocycles. The molecule has 1 aliphatic rings. The topological polar surface area (TPSA) is 90.3 Å². The third-order valence-corrected chi connectivity index (χ3v) is 6.51. The fourth-order valence-electron chi connectivity index (χ4n) is 3.40. The summed E-state index contributed by atoms with van der Waals surface area (Å²) in [5.41, 5.74) is 1.62. The van der Waals surface area contributed by atoms with E-state index in [1.807, 2.05) is 59.2 Å². The quantitative estimate of drug-likeness (QED) is 0.684. The Hall–Kier alpha value is -2.87. The molecule has 0 radical (unpaired) electrons. The van der Waals surface area contributed by atoms with Gasteiger partial charge in [-0.25, -0.2) is 13.4 Å². The average molecular weight is 399 g/mol. The summed E-state index contributed by atoms with van der Waals surface area (Å²) in [5.74, 6) is 1.27. The number of para-hydroxylation sites is 3. The third-order valence-electron chi connectivity index (χ3n) is 4.74. The summed E-state index contributed by atoms with van der Waals surface area (Å²) in [7, 11) is -3.04. The van der Waals surface area contributed by atoms with Gasteiger partial charge in [0.05, 0.1) is 22.5 Å². The van der Waals surface area contributed by atoms with Gasteiger partial charge >= 0.3 is 0 Å². The Morgan fingerprint density at radius 1 is 1.14 bits per heavy atom. The van der Waals surface area contributed by atoms with Gasteiger partial charge in [0.1, 0.15) is 24.7 Å². The van der Waals surface area contributed by atoms with Crippen molar-refractivity contribution in [2.24, 2.45) is 0 Å². The number of ether oxygens (including phenoxy) is 1. The van der Waals surface area contributed by atoms with E-state index in [4.69, 9.17) is 4.74 Å². The van der Waals surface area contributed by atoms with E-state index < -0.39 is 9.84 Å². The van der Waals surface area contributed by atoms with Crippen LogP contribution >= 0.6 is 0 Å². The second kappa shape index (κ2) is 7.63. The SMILES string of the molecule is O=C(Cn1c(COc2ccccc2)nc2ccccc21)N[C@@H]1CCS(=O)(=O)C1. The monoisotopic (exact) mass is 399 g/mol. The Balaban J connectivity index is 1.52. The Kier molecular flexibility index (Phi) is 5.04. The van der Waals surface area contributed by atoms with Gasteiger partial charge in [-0.2, -0.15) is 0 Å². The van der Waals surface area contributed by atoms with E-state index in [0.29, 0.717) is 12.2 Å². The molecule has 1 amide bonds. The first kappa shape index (κ1) is 18.5. The van der Waals surface area contributed by atoms with E-state index >= 15 is 0 Å². The zero-order valence-electron chi connectivity index (χ0n) is 15.2. The molecule has 0 unspecified atom stereocenters. The van der Waals surface area contributed by atoms with Crippen molar-refractivity contribution in [2.45, 2.75) is 25.6 Å². The molecule has 3 aromatic rings. The highest BCUT2D eigenvalue weighted by Crippen LogP contribution is 2.19. The van der Waals surface area contributed by atoms with Gasteiger partial charge in [-0.3, -0.25) is 4.79 Å². The Morgan fingerprint density at radius 3 is 2.64 bits per heavy atom. The Bertz CT molecular complexity index is 1090. The molecule has 4 rings (SSSR count). The Labute approximate surface area is 163 Å². The standard InChI is InChI=1S/C20H21N3O4S/c24-20(21-15-10-11-28(25,26)14-15)12-23-18-9-5-4-8-17(18)22-19(23)13-27-16-6-2-1-3-7-16/h1-9,15H,10-14H2,(H,21,24)/t15-/m1/s1. The molecule has 1 aliphatic heterocycles. The number of hydrogen-bond donors (Lipinski definition) is 1. The number of benzene rings is 2. The number of nitrogens with one attached hydrogen (secondary N) is 1. The molecule has 0 bridgehead atoms. The third kappa shape index (κ3) is 4.17. The maximum Gasteiger partial charge on any atom is 0.240 e. The van der Waals surface area contributed by atoms with E-state index in [-0.39, 0.29) is 36.6 Å². The molecule has 2 heterocycles. The first-order valence-corrected chi connectivity index (χ1v) is 10.9. The van der Waals surface area contributed by atoms with Crippen molar-refractivity contribution in [1.82, 2.24) is 14.9 Å². The van der Waals surface area contributed by atoms with Crippen molar-refractivity contribution in [1.29, 1.82) is 0 Å². The predicted molar refractivity (Wildman–Crippen MR) is 106 cm³/mol.